The Hall–Kier alpha value is -2.04. The van der Waals surface area contributed by atoms with E-state index in [9.17, 15) is 9.59 Å². The monoisotopic (exact) mass is 327 g/mol. The summed E-state index contributed by atoms with van der Waals surface area (Å²) in [5, 5.41) is 0. The molecule has 24 heavy (non-hydrogen) atoms. The summed E-state index contributed by atoms with van der Waals surface area (Å²) < 4.78 is 0. The Morgan fingerprint density at radius 3 is 2.54 bits per heavy atom. The van der Waals surface area contributed by atoms with Crippen molar-refractivity contribution in [3.8, 4) is 0 Å². The quantitative estimate of drug-likeness (QED) is 0.849. The molecule has 5 heteroatoms. The lowest BCUT2D eigenvalue weighted by Crippen LogP contribution is -2.40. The van der Waals surface area contributed by atoms with E-state index in [0.717, 1.165) is 45.4 Å². The first-order chi connectivity index (χ1) is 11.7. The summed E-state index contributed by atoms with van der Waals surface area (Å²) in [6, 6.07) is 10.8. The molecule has 0 N–H and O–H groups in total. The van der Waals surface area contributed by atoms with E-state index in [1.807, 2.05) is 15.9 Å². The van der Waals surface area contributed by atoms with E-state index in [4.69, 9.17) is 0 Å². The number of para-hydroxylation sites is 1. The highest BCUT2D eigenvalue weighted by Crippen LogP contribution is 2.33. The number of carbonyl (C=O) groups is 2. The lowest BCUT2D eigenvalue weighted by atomic mass is 10.1. The average Bonchev–Trinajstić information content (AvgIpc) is 3.41. The molecule has 1 saturated carbocycles. The summed E-state index contributed by atoms with van der Waals surface area (Å²) in [6.07, 6.45) is 3.62. The standard InChI is InChI=1S/C19H25N3O2/c23-18-13-15(14-22(18)17-7-8-17)19(24)21-10-4-9-20(11-12-21)16-5-2-1-3-6-16/h1-3,5-6,15,17H,4,7-14H2. The minimum atomic E-state index is -0.124. The van der Waals surface area contributed by atoms with Crippen LogP contribution in [-0.4, -0.2) is 60.4 Å². The van der Waals surface area contributed by atoms with Crippen LogP contribution >= 0.6 is 0 Å². The van der Waals surface area contributed by atoms with Crippen molar-refractivity contribution in [2.24, 2.45) is 5.92 Å². The van der Waals surface area contributed by atoms with Crippen LogP contribution in [0.25, 0.3) is 0 Å². The number of likely N-dealkylation sites (tertiary alicyclic amines) is 1. The molecule has 2 amide bonds. The smallest absolute Gasteiger partial charge is 0.228 e. The van der Waals surface area contributed by atoms with E-state index in [-0.39, 0.29) is 17.7 Å². The van der Waals surface area contributed by atoms with Crippen LogP contribution < -0.4 is 4.90 Å². The highest BCUT2D eigenvalue weighted by molar-refractivity contribution is 5.89. The van der Waals surface area contributed by atoms with E-state index >= 15 is 0 Å². The highest BCUT2D eigenvalue weighted by atomic mass is 16.2. The fourth-order valence-corrected chi connectivity index (χ4v) is 3.93. The van der Waals surface area contributed by atoms with Gasteiger partial charge in [0.15, 0.2) is 0 Å². The summed E-state index contributed by atoms with van der Waals surface area (Å²) in [5.41, 5.74) is 1.22. The summed E-state index contributed by atoms with van der Waals surface area (Å²) in [5.74, 6) is 0.236. The molecular weight excluding hydrogens is 302 g/mol. The van der Waals surface area contributed by atoms with Crippen LogP contribution in [0.4, 0.5) is 5.69 Å². The molecule has 1 aromatic carbocycles. The van der Waals surface area contributed by atoms with Crippen LogP contribution in [-0.2, 0) is 9.59 Å². The van der Waals surface area contributed by atoms with Crippen molar-refractivity contribution in [1.82, 2.24) is 9.80 Å². The first kappa shape index (κ1) is 15.5. The number of hydrogen-bond donors (Lipinski definition) is 0. The Kier molecular flexibility index (Phi) is 4.17. The minimum Gasteiger partial charge on any atom is -0.370 e. The fourth-order valence-electron chi connectivity index (χ4n) is 3.93. The second-order valence-electron chi connectivity index (χ2n) is 7.18. The molecule has 1 unspecified atom stereocenters. The van der Waals surface area contributed by atoms with E-state index in [2.05, 4.69) is 29.2 Å². The Labute approximate surface area is 143 Å². The van der Waals surface area contributed by atoms with Gasteiger partial charge in [-0.25, -0.2) is 0 Å². The van der Waals surface area contributed by atoms with E-state index in [0.29, 0.717) is 19.0 Å². The summed E-state index contributed by atoms with van der Waals surface area (Å²) >= 11 is 0. The van der Waals surface area contributed by atoms with Gasteiger partial charge >= 0.3 is 0 Å². The topological polar surface area (TPSA) is 43.9 Å². The number of rotatable bonds is 3. The number of carbonyl (C=O) groups excluding carboxylic acids is 2. The van der Waals surface area contributed by atoms with E-state index in [1.165, 1.54) is 5.69 Å². The van der Waals surface area contributed by atoms with Gasteiger partial charge in [-0.1, -0.05) is 18.2 Å². The molecule has 0 bridgehead atoms. The molecule has 2 heterocycles. The molecule has 2 aliphatic heterocycles. The zero-order chi connectivity index (χ0) is 16.5. The molecule has 128 valence electrons. The van der Waals surface area contributed by atoms with Gasteiger partial charge in [0.05, 0.1) is 5.92 Å². The molecule has 1 aromatic rings. The van der Waals surface area contributed by atoms with Crippen molar-refractivity contribution in [2.45, 2.75) is 31.7 Å². The number of nitrogens with zero attached hydrogens (tertiary/aromatic N) is 3. The molecule has 0 spiro atoms. The molecule has 5 nitrogen and oxygen atoms in total. The largest absolute Gasteiger partial charge is 0.370 e. The number of benzene rings is 1. The molecule has 2 saturated heterocycles. The van der Waals surface area contributed by atoms with Crippen LogP contribution in [0.5, 0.6) is 0 Å². The number of hydrogen-bond acceptors (Lipinski definition) is 3. The number of anilines is 1. The average molecular weight is 327 g/mol. The van der Waals surface area contributed by atoms with Crippen LogP contribution in [0.3, 0.4) is 0 Å². The van der Waals surface area contributed by atoms with Crippen LogP contribution in [0.15, 0.2) is 30.3 Å². The zero-order valence-corrected chi connectivity index (χ0v) is 14.1. The third kappa shape index (κ3) is 3.12. The SMILES string of the molecule is O=C(C1CC(=O)N(C2CC2)C1)N1CCCN(c2ccccc2)CC1. The third-order valence-corrected chi connectivity index (χ3v) is 5.42. The number of amides is 2. The molecule has 3 aliphatic rings. The normalized spacial score (nSPS) is 25.1. The summed E-state index contributed by atoms with van der Waals surface area (Å²) in [7, 11) is 0. The van der Waals surface area contributed by atoms with Gasteiger partial charge in [0.1, 0.15) is 0 Å². The molecular formula is C19H25N3O2. The maximum absolute atomic E-state index is 12.9. The lowest BCUT2D eigenvalue weighted by Gasteiger charge is -2.25. The van der Waals surface area contributed by atoms with Crippen molar-refractivity contribution in [3.63, 3.8) is 0 Å². The predicted molar refractivity (Wildman–Crippen MR) is 92.7 cm³/mol. The second-order valence-corrected chi connectivity index (χ2v) is 7.18. The van der Waals surface area contributed by atoms with Gasteiger partial charge in [-0.2, -0.15) is 0 Å². The van der Waals surface area contributed by atoms with Crippen LogP contribution in [0, 0.1) is 5.92 Å². The molecule has 3 fully saturated rings. The van der Waals surface area contributed by atoms with Crippen molar-refractivity contribution >= 4 is 17.5 Å². The molecule has 1 atom stereocenters. The first-order valence-electron chi connectivity index (χ1n) is 9.10. The summed E-state index contributed by atoms with van der Waals surface area (Å²) in [6.45, 7) is 4.04. The summed E-state index contributed by atoms with van der Waals surface area (Å²) in [4.78, 5) is 31.2. The van der Waals surface area contributed by atoms with E-state index in [1.54, 1.807) is 0 Å². The minimum absolute atomic E-state index is 0.124. The maximum atomic E-state index is 12.9. The zero-order valence-electron chi connectivity index (χ0n) is 14.1. The van der Waals surface area contributed by atoms with Crippen LogP contribution in [0.1, 0.15) is 25.7 Å². The molecule has 1 aliphatic carbocycles. The van der Waals surface area contributed by atoms with Gasteiger partial charge in [-0.15, -0.1) is 0 Å². The Morgan fingerprint density at radius 1 is 1.00 bits per heavy atom. The van der Waals surface area contributed by atoms with Crippen molar-refractivity contribution < 1.29 is 9.59 Å². The van der Waals surface area contributed by atoms with Gasteiger partial charge in [0, 0.05) is 50.9 Å². The molecule has 0 radical (unpaired) electrons. The van der Waals surface area contributed by atoms with Crippen LogP contribution in [0.2, 0.25) is 0 Å². The second kappa shape index (κ2) is 6.46. The third-order valence-electron chi connectivity index (χ3n) is 5.42. The predicted octanol–water partition coefficient (Wildman–Crippen LogP) is 1.74. The lowest BCUT2D eigenvalue weighted by molar-refractivity contribution is -0.135. The van der Waals surface area contributed by atoms with Gasteiger partial charge in [-0.05, 0) is 31.4 Å². The Balaban J connectivity index is 1.37. The molecule has 4 rings (SSSR count). The fraction of sp³-hybridized carbons (Fsp3) is 0.579. The van der Waals surface area contributed by atoms with Gasteiger partial charge in [0.25, 0.3) is 0 Å². The molecule has 0 aromatic heterocycles. The maximum Gasteiger partial charge on any atom is 0.228 e. The highest BCUT2D eigenvalue weighted by Gasteiger charge is 2.42. The van der Waals surface area contributed by atoms with Gasteiger partial charge in [0.2, 0.25) is 11.8 Å². The first-order valence-corrected chi connectivity index (χ1v) is 9.10. The van der Waals surface area contributed by atoms with Crippen molar-refractivity contribution in [3.05, 3.63) is 30.3 Å². The Morgan fingerprint density at radius 2 is 1.79 bits per heavy atom. The van der Waals surface area contributed by atoms with Gasteiger partial charge < -0.3 is 14.7 Å². The van der Waals surface area contributed by atoms with Crippen molar-refractivity contribution in [1.29, 1.82) is 0 Å². The van der Waals surface area contributed by atoms with Crippen molar-refractivity contribution in [2.75, 3.05) is 37.6 Å². The van der Waals surface area contributed by atoms with Gasteiger partial charge in [-0.3, -0.25) is 9.59 Å². The Bertz CT molecular complexity index is 614. The van der Waals surface area contributed by atoms with E-state index < -0.39 is 0 Å².